The summed E-state index contributed by atoms with van der Waals surface area (Å²) in [4.78, 5) is 11.1. The van der Waals surface area contributed by atoms with E-state index in [0.29, 0.717) is 6.54 Å². The number of nitrogens with one attached hydrogen (secondary N) is 1. The second-order valence-electron chi connectivity index (χ2n) is 3.90. The highest BCUT2D eigenvalue weighted by atomic mass is 16.5. The van der Waals surface area contributed by atoms with Crippen molar-refractivity contribution < 1.29 is 9.53 Å². The number of rotatable bonds is 3. The molecule has 0 bridgehead atoms. The van der Waals surface area contributed by atoms with Crippen LogP contribution in [-0.2, 0) is 9.53 Å². The quantitative estimate of drug-likeness (QED) is 0.674. The molecule has 0 saturated heterocycles. The lowest BCUT2D eigenvalue weighted by Crippen LogP contribution is -2.28. The molecule has 0 atom stereocenters. The Morgan fingerprint density at radius 3 is 2.54 bits per heavy atom. The second-order valence-corrected chi connectivity index (χ2v) is 3.90. The molecule has 3 nitrogen and oxygen atoms in total. The van der Waals surface area contributed by atoms with E-state index in [2.05, 4.69) is 12.2 Å². The van der Waals surface area contributed by atoms with Gasteiger partial charge in [-0.05, 0) is 38.6 Å². The molecule has 1 fully saturated rings. The summed E-state index contributed by atoms with van der Waals surface area (Å²) < 4.78 is 5.28. The highest BCUT2D eigenvalue weighted by molar-refractivity contribution is 5.71. The van der Waals surface area contributed by atoms with Crippen molar-refractivity contribution in [3.63, 3.8) is 0 Å². The van der Waals surface area contributed by atoms with E-state index in [-0.39, 0.29) is 12.1 Å². The first-order valence-corrected chi connectivity index (χ1v) is 5.06. The molecule has 76 valence electrons. The molecule has 1 aliphatic carbocycles. The fourth-order valence-electron chi connectivity index (χ4n) is 1.72. The lowest BCUT2D eigenvalue weighted by molar-refractivity contribution is -0.149. The number of carbonyl (C=O) groups is 1. The maximum absolute atomic E-state index is 11.1. The molecule has 1 aliphatic rings. The predicted molar refractivity (Wildman–Crippen MR) is 51.4 cm³/mol. The number of ether oxygens (including phenoxy) is 1. The number of hydrogen-bond donors (Lipinski definition) is 1. The van der Waals surface area contributed by atoms with Crippen molar-refractivity contribution >= 4 is 5.97 Å². The van der Waals surface area contributed by atoms with Crippen LogP contribution >= 0.6 is 0 Å². The zero-order valence-corrected chi connectivity index (χ0v) is 8.51. The summed E-state index contributed by atoms with van der Waals surface area (Å²) >= 11 is 0. The standard InChI is InChI=1S/C10H19NO2/c1-8-3-5-9(6-4-8)13-10(12)7-11-2/h8-9,11H,3-7H2,1-2H3. The Morgan fingerprint density at radius 1 is 1.38 bits per heavy atom. The molecule has 0 unspecified atom stereocenters. The van der Waals surface area contributed by atoms with Crippen LogP contribution in [0.15, 0.2) is 0 Å². The third-order valence-corrected chi connectivity index (χ3v) is 2.58. The van der Waals surface area contributed by atoms with Crippen LogP contribution in [0.4, 0.5) is 0 Å². The van der Waals surface area contributed by atoms with Gasteiger partial charge in [0.2, 0.25) is 0 Å². The summed E-state index contributed by atoms with van der Waals surface area (Å²) in [6.45, 7) is 2.58. The number of esters is 1. The normalized spacial score (nSPS) is 28.5. The van der Waals surface area contributed by atoms with E-state index < -0.39 is 0 Å². The van der Waals surface area contributed by atoms with Crippen LogP contribution in [0.5, 0.6) is 0 Å². The van der Waals surface area contributed by atoms with E-state index in [1.807, 2.05) is 0 Å². The minimum Gasteiger partial charge on any atom is -0.461 e. The number of carbonyl (C=O) groups excluding carboxylic acids is 1. The lowest BCUT2D eigenvalue weighted by Gasteiger charge is -2.25. The summed E-state index contributed by atoms with van der Waals surface area (Å²) in [7, 11) is 1.75. The topological polar surface area (TPSA) is 38.3 Å². The molecular formula is C10H19NO2. The van der Waals surface area contributed by atoms with Crippen LogP contribution in [0.25, 0.3) is 0 Å². The van der Waals surface area contributed by atoms with Crippen molar-refractivity contribution in [1.29, 1.82) is 0 Å². The van der Waals surface area contributed by atoms with Gasteiger partial charge in [-0.1, -0.05) is 6.92 Å². The SMILES string of the molecule is CNCC(=O)OC1CCC(C)CC1. The zero-order chi connectivity index (χ0) is 9.68. The molecular weight excluding hydrogens is 166 g/mol. The van der Waals surface area contributed by atoms with Crippen LogP contribution in [0, 0.1) is 5.92 Å². The molecule has 0 aromatic carbocycles. The Labute approximate surface area is 79.8 Å². The molecule has 3 heteroatoms. The van der Waals surface area contributed by atoms with Gasteiger partial charge in [0, 0.05) is 0 Å². The Morgan fingerprint density at radius 2 is 2.00 bits per heavy atom. The Kier molecular flexibility index (Phi) is 4.22. The highest BCUT2D eigenvalue weighted by Crippen LogP contribution is 2.25. The molecule has 1 N–H and O–H groups in total. The first-order valence-electron chi connectivity index (χ1n) is 5.06. The molecule has 0 amide bonds. The van der Waals surface area contributed by atoms with E-state index in [9.17, 15) is 4.79 Å². The Hall–Kier alpha value is -0.570. The van der Waals surface area contributed by atoms with Gasteiger partial charge in [-0.2, -0.15) is 0 Å². The van der Waals surface area contributed by atoms with Gasteiger partial charge in [-0.3, -0.25) is 4.79 Å². The van der Waals surface area contributed by atoms with Crippen LogP contribution in [-0.4, -0.2) is 25.7 Å². The van der Waals surface area contributed by atoms with Crippen LogP contribution in [0.1, 0.15) is 32.6 Å². The average molecular weight is 185 g/mol. The van der Waals surface area contributed by atoms with Gasteiger partial charge in [-0.15, -0.1) is 0 Å². The summed E-state index contributed by atoms with van der Waals surface area (Å²) in [6, 6.07) is 0. The van der Waals surface area contributed by atoms with Crippen LogP contribution < -0.4 is 5.32 Å². The van der Waals surface area contributed by atoms with Crippen molar-refractivity contribution in [2.75, 3.05) is 13.6 Å². The van der Waals surface area contributed by atoms with Gasteiger partial charge in [-0.25, -0.2) is 0 Å². The van der Waals surface area contributed by atoms with Crippen molar-refractivity contribution in [2.45, 2.75) is 38.7 Å². The number of likely N-dealkylation sites (N-methyl/N-ethyl adjacent to an activating group) is 1. The molecule has 0 aromatic heterocycles. The monoisotopic (exact) mass is 185 g/mol. The van der Waals surface area contributed by atoms with Crippen LogP contribution in [0.3, 0.4) is 0 Å². The van der Waals surface area contributed by atoms with Gasteiger partial charge >= 0.3 is 5.97 Å². The van der Waals surface area contributed by atoms with E-state index in [4.69, 9.17) is 4.74 Å². The maximum Gasteiger partial charge on any atom is 0.320 e. The smallest absolute Gasteiger partial charge is 0.320 e. The summed E-state index contributed by atoms with van der Waals surface area (Å²) in [6.07, 6.45) is 4.64. The van der Waals surface area contributed by atoms with Gasteiger partial charge < -0.3 is 10.1 Å². The van der Waals surface area contributed by atoms with E-state index in [1.165, 1.54) is 12.8 Å². The van der Waals surface area contributed by atoms with E-state index in [0.717, 1.165) is 18.8 Å². The highest BCUT2D eigenvalue weighted by Gasteiger charge is 2.20. The third kappa shape index (κ3) is 3.77. The Balaban J connectivity index is 2.18. The zero-order valence-electron chi connectivity index (χ0n) is 8.51. The molecule has 0 radical (unpaired) electrons. The first-order chi connectivity index (χ1) is 6.22. The lowest BCUT2D eigenvalue weighted by atomic mass is 9.89. The molecule has 0 spiro atoms. The molecule has 1 rings (SSSR count). The van der Waals surface area contributed by atoms with Crippen molar-refractivity contribution in [1.82, 2.24) is 5.32 Å². The van der Waals surface area contributed by atoms with Crippen LogP contribution in [0.2, 0.25) is 0 Å². The minimum absolute atomic E-state index is 0.123. The van der Waals surface area contributed by atoms with Crippen molar-refractivity contribution in [3.8, 4) is 0 Å². The molecule has 13 heavy (non-hydrogen) atoms. The van der Waals surface area contributed by atoms with Gasteiger partial charge in [0.15, 0.2) is 0 Å². The third-order valence-electron chi connectivity index (χ3n) is 2.58. The predicted octanol–water partition coefficient (Wildman–Crippen LogP) is 1.33. The van der Waals surface area contributed by atoms with Crippen molar-refractivity contribution in [2.24, 2.45) is 5.92 Å². The van der Waals surface area contributed by atoms with Gasteiger partial charge in [0.25, 0.3) is 0 Å². The summed E-state index contributed by atoms with van der Waals surface area (Å²) in [5.41, 5.74) is 0. The second kappa shape index (κ2) is 5.22. The molecule has 0 aliphatic heterocycles. The Bertz CT molecular complexity index is 162. The molecule has 1 saturated carbocycles. The first kappa shape index (κ1) is 10.5. The van der Waals surface area contributed by atoms with Gasteiger partial charge in [0.05, 0.1) is 6.54 Å². The summed E-state index contributed by atoms with van der Waals surface area (Å²) in [5, 5.41) is 2.79. The maximum atomic E-state index is 11.1. The number of hydrogen-bond acceptors (Lipinski definition) is 3. The molecule has 0 heterocycles. The van der Waals surface area contributed by atoms with Crippen molar-refractivity contribution in [3.05, 3.63) is 0 Å². The van der Waals surface area contributed by atoms with E-state index in [1.54, 1.807) is 7.05 Å². The fourth-order valence-corrected chi connectivity index (χ4v) is 1.72. The largest absolute Gasteiger partial charge is 0.461 e. The van der Waals surface area contributed by atoms with Gasteiger partial charge in [0.1, 0.15) is 6.10 Å². The minimum atomic E-state index is -0.123. The fraction of sp³-hybridized carbons (Fsp3) is 0.900. The average Bonchev–Trinajstić information content (AvgIpc) is 2.09. The summed E-state index contributed by atoms with van der Waals surface area (Å²) in [5.74, 6) is 0.682. The molecule has 0 aromatic rings. The van der Waals surface area contributed by atoms with E-state index >= 15 is 0 Å².